The third kappa shape index (κ3) is 4.55. The van der Waals surface area contributed by atoms with E-state index in [1.54, 1.807) is 24.3 Å². The lowest BCUT2D eigenvalue weighted by molar-refractivity contribution is 0.0601. The van der Waals surface area contributed by atoms with Crippen LogP contribution in [0.15, 0.2) is 24.3 Å². The fourth-order valence-electron chi connectivity index (χ4n) is 3.37. The molecule has 0 saturated heterocycles. The summed E-state index contributed by atoms with van der Waals surface area (Å²) >= 11 is 1.49. The second kappa shape index (κ2) is 9.24. The van der Waals surface area contributed by atoms with Gasteiger partial charge in [-0.15, -0.1) is 11.3 Å². The van der Waals surface area contributed by atoms with E-state index in [0.717, 1.165) is 43.4 Å². The lowest BCUT2D eigenvalue weighted by Gasteiger charge is -2.18. The molecular formula is C22H27NO4S. The van der Waals surface area contributed by atoms with Gasteiger partial charge in [-0.25, -0.2) is 4.79 Å². The first-order chi connectivity index (χ1) is 13.5. The molecule has 3 rings (SSSR count). The fraction of sp³-hybridized carbons (Fsp3) is 0.455. The van der Waals surface area contributed by atoms with Crippen LogP contribution in [0.4, 0.5) is 5.00 Å². The maximum Gasteiger partial charge on any atom is 0.341 e. The van der Waals surface area contributed by atoms with Gasteiger partial charge in [0.1, 0.15) is 10.8 Å². The maximum absolute atomic E-state index is 12.7. The third-order valence-corrected chi connectivity index (χ3v) is 6.18. The number of hydrogen-bond donors (Lipinski definition) is 1. The third-order valence-electron chi connectivity index (χ3n) is 5.01. The largest absolute Gasteiger partial charge is 0.494 e. The number of nitrogens with one attached hydrogen (secondary N) is 1. The molecule has 1 aliphatic carbocycles. The zero-order valence-corrected chi connectivity index (χ0v) is 17.5. The van der Waals surface area contributed by atoms with Crippen LogP contribution in [-0.2, 0) is 17.6 Å². The van der Waals surface area contributed by atoms with Crippen molar-refractivity contribution in [1.82, 2.24) is 0 Å². The quantitative estimate of drug-likeness (QED) is 0.518. The second-order valence-corrected chi connectivity index (χ2v) is 8.33. The van der Waals surface area contributed by atoms with Crippen molar-refractivity contribution in [3.05, 3.63) is 45.8 Å². The van der Waals surface area contributed by atoms with E-state index < -0.39 is 0 Å². The number of amides is 1. The first-order valence-electron chi connectivity index (χ1n) is 9.80. The molecule has 5 nitrogen and oxygen atoms in total. The SMILES string of the molecule is CCCCOc1ccc(C(=O)Nc2sc3c(c2C(=O)OC)CC[C@H](C)C3)cc1. The summed E-state index contributed by atoms with van der Waals surface area (Å²) < 4.78 is 10.6. The van der Waals surface area contributed by atoms with Gasteiger partial charge in [-0.05, 0) is 61.4 Å². The number of unbranched alkanes of at least 4 members (excludes halogenated alkanes) is 1. The number of anilines is 1. The van der Waals surface area contributed by atoms with Gasteiger partial charge in [0.2, 0.25) is 0 Å². The summed E-state index contributed by atoms with van der Waals surface area (Å²) in [6.07, 6.45) is 4.90. The van der Waals surface area contributed by atoms with Crippen molar-refractivity contribution >= 4 is 28.2 Å². The van der Waals surface area contributed by atoms with E-state index in [0.29, 0.717) is 28.7 Å². The van der Waals surface area contributed by atoms with Crippen LogP contribution in [0, 0.1) is 5.92 Å². The highest BCUT2D eigenvalue weighted by Gasteiger charge is 2.29. The molecule has 0 unspecified atom stereocenters. The molecule has 0 radical (unpaired) electrons. The monoisotopic (exact) mass is 401 g/mol. The minimum absolute atomic E-state index is 0.239. The van der Waals surface area contributed by atoms with E-state index in [1.165, 1.54) is 23.3 Å². The van der Waals surface area contributed by atoms with Gasteiger partial charge in [-0.2, -0.15) is 0 Å². The van der Waals surface area contributed by atoms with Crippen molar-refractivity contribution in [1.29, 1.82) is 0 Å². The normalized spacial score (nSPS) is 15.6. The predicted molar refractivity (Wildman–Crippen MR) is 112 cm³/mol. The molecule has 1 atom stereocenters. The van der Waals surface area contributed by atoms with Crippen LogP contribution in [0.5, 0.6) is 5.75 Å². The lowest BCUT2D eigenvalue weighted by Crippen LogP contribution is -2.16. The molecule has 1 N–H and O–H groups in total. The Labute approximate surface area is 170 Å². The van der Waals surface area contributed by atoms with Crippen molar-refractivity contribution in [3.8, 4) is 5.75 Å². The average molecular weight is 402 g/mol. The molecule has 150 valence electrons. The number of ether oxygens (including phenoxy) is 2. The van der Waals surface area contributed by atoms with E-state index in [-0.39, 0.29) is 11.9 Å². The zero-order chi connectivity index (χ0) is 20.1. The summed E-state index contributed by atoms with van der Waals surface area (Å²) in [5.41, 5.74) is 2.07. The number of carbonyl (C=O) groups is 2. The smallest absolute Gasteiger partial charge is 0.341 e. The predicted octanol–water partition coefficient (Wildman–Crippen LogP) is 5.09. The molecule has 0 bridgehead atoms. The summed E-state index contributed by atoms with van der Waals surface area (Å²) in [6, 6.07) is 7.08. The van der Waals surface area contributed by atoms with Crippen molar-refractivity contribution < 1.29 is 19.1 Å². The highest BCUT2D eigenvalue weighted by atomic mass is 32.1. The van der Waals surface area contributed by atoms with Gasteiger partial charge in [-0.3, -0.25) is 4.79 Å². The van der Waals surface area contributed by atoms with Crippen LogP contribution in [0.3, 0.4) is 0 Å². The van der Waals surface area contributed by atoms with Gasteiger partial charge in [0.05, 0.1) is 19.3 Å². The van der Waals surface area contributed by atoms with Crippen LogP contribution >= 0.6 is 11.3 Å². The highest BCUT2D eigenvalue weighted by molar-refractivity contribution is 7.17. The molecule has 1 aromatic heterocycles. The van der Waals surface area contributed by atoms with E-state index in [2.05, 4.69) is 19.2 Å². The highest BCUT2D eigenvalue weighted by Crippen LogP contribution is 2.40. The number of benzene rings is 1. The minimum atomic E-state index is -0.387. The molecule has 0 aliphatic heterocycles. The number of methoxy groups -OCH3 is 1. The molecule has 28 heavy (non-hydrogen) atoms. The molecule has 0 spiro atoms. The Morgan fingerprint density at radius 2 is 2.00 bits per heavy atom. The molecule has 1 aromatic carbocycles. The topological polar surface area (TPSA) is 64.6 Å². The summed E-state index contributed by atoms with van der Waals surface area (Å²) in [5, 5.41) is 3.51. The van der Waals surface area contributed by atoms with E-state index >= 15 is 0 Å². The second-order valence-electron chi connectivity index (χ2n) is 7.23. The van der Waals surface area contributed by atoms with Gasteiger partial charge < -0.3 is 14.8 Å². The zero-order valence-electron chi connectivity index (χ0n) is 16.7. The Bertz CT molecular complexity index is 841. The summed E-state index contributed by atoms with van der Waals surface area (Å²) in [6.45, 7) is 5.00. The van der Waals surface area contributed by atoms with Crippen molar-refractivity contribution in [2.24, 2.45) is 5.92 Å². The Balaban J connectivity index is 1.77. The van der Waals surface area contributed by atoms with Crippen molar-refractivity contribution in [2.75, 3.05) is 19.0 Å². The van der Waals surface area contributed by atoms with Crippen molar-refractivity contribution in [2.45, 2.75) is 46.0 Å². The lowest BCUT2D eigenvalue weighted by atomic mass is 9.88. The summed E-state index contributed by atoms with van der Waals surface area (Å²) in [4.78, 5) is 26.3. The molecular weight excluding hydrogens is 374 g/mol. The van der Waals surface area contributed by atoms with Crippen LogP contribution in [0.2, 0.25) is 0 Å². The van der Waals surface area contributed by atoms with Crippen LogP contribution in [-0.4, -0.2) is 25.6 Å². The molecule has 6 heteroatoms. The van der Waals surface area contributed by atoms with Crippen LogP contribution in [0.25, 0.3) is 0 Å². The minimum Gasteiger partial charge on any atom is -0.494 e. The number of hydrogen-bond acceptors (Lipinski definition) is 5. The van der Waals surface area contributed by atoms with Gasteiger partial charge in [0.15, 0.2) is 0 Å². The van der Waals surface area contributed by atoms with Gasteiger partial charge in [-0.1, -0.05) is 20.3 Å². The number of carbonyl (C=O) groups excluding carboxylic acids is 2. The van der Waals surface area contributed by atoms with Crippen LogP contribution < -0.4 is 10.1 Å². The van der Waals surface area contributed by atoms with Crippen LogP contribution in [0.1, 0.15) is 64.3 Å². The number of rotatable bonds is 7. The first-order valence-corrected chi connectivity index (χ1v) is 10.6. The first kappa shape index (κ1) is 20.4. The Kier molecular flexibility index (Phi) is 6.73. The Morgan fingerprint density at radius 3 is 2.68 bits per heavy atom. The van der Waals surface area contributed by atoms with Crippen molar-refractivity contribution in [3.63, 3.8) is 0 Å². The molecule has 1 heterocycles. The number of thiophene rings is 1. The summed E-state index contributed by atoms with van der Waals surface area (Å²) in [5.74, 6) is 0.709. The summed E-state index contributed by atoms with van der Waals surface area (Å²) in [7, 11) is 1.38. The Morgan fingerprint density at radius 1 is 1.25 bits per heavy atom. The van der Waals surface area contributed by atoms with Gasteiger partial charge >= 0.3 is 5.97 Å². The standard InChI is InChI=1S/C22H27NO4S/c1-4-5-12-27-16-9-7-15(8-10-16)20(24)23-21-19(22(25)26-3)17-11-6-14(2)13-18(17)28-21/h7-10,14H,4-6,11-13H2,1-3H3,(H,23,24)/t14-/m0/s1. The molecule has 0 fully saturated rings. The van der Waals surface area contributed by atoms with E-state index in [1.807, 2.05) is 0 Å². The van der Waals surface area contributed by atoms with Gasteiger partial charge in [0.25, 0.3) is 5.91 Å². The molecule has 1 amide bonds. The fourth-order valence-corrected chi connectivity index (χ4v) is 4.76. The molecule has 2 aromatic rings. The van der Waals surface area contributed by atoms with E-state index in [4.69, 9.17) is 9.47 Å². The molecule has 0 saturated carbocycles. The van der Waals surface area contributed by atoms with E-state index in [9.17, 15) is 9.59 Å². The number of fused-ring (bicyclic) bond motifs is 1. The molecule has 1 aliphatic rings. The maximum atomic E-state index is 12.7. The average Bonchev–Trinajstić information content (AvgIpc) is 3.04. The Hall–Kier alpha value is -2.34. The number of esters is 1. The van der Waals surface area contributed by atoms with Gasteiger partial charge in [0, 0.05) is 10.4 Å².